The maximum Gasteiger partial charge on any atom is 0.249 e. The molecule has 0 bridgehead atoms. The molecule has 1 N–H and O–H groups in total. The van der Waals surface area contributed by atoms with Crippen molar-refractivity contribution in [3.8, 4) is 5.75 Å². The van der Waals surface area contributed by atoms with Gasteiger partial charge in [-0.25, -0.2) is 9.97 Å². The lowest BCUT2D eigenvalue weighted by Gasteiger charge is -2.20. The Morgan fingerprint density at radius 1 is 1.33 bits per heavy atom. The fraction of sp³-hybridized carbons (Fsp3) is 0.389. The number of amides is 1. The van der Waals surface area contributed by atoms with E-state index in [1.807, 2.05) is 37.3 Å². The molecule has 6 nitrogen and oxygen atoms in total. The van der Waals surface area contributed by atoms with E-state index in [0.717, 1.165) is 24.2 Å². The minimum absolute atomic E-state index is 0.0359. The first-order chi connectivity index (χ1) is 11.6. The Bertz CT molecular complexity index is 748. The van der Waals surface area contributed by atoms with Crippen molar-refractivity contribution in [2.45, 2.75) is 32.7 Å². The van der Waals surface area contributed by atoms with Gasteiger partial charge in [-0.05, 0) is 31.9 Å². The highest BCUT2D eigenvalue weighted by Crippen LogP contribution is 2.31. The van der Waals surface area contributed by atoms with Crippen LogP contribution in [0.2, 0.25) is 0 Å². The molecule has 1 aliphatic heterocycles. The van der Waals surface area contributed by atoms with Crippen LogP contribution in [-0.2, 0) is 11.2 Å². The maximum atomic E-state index is 12.8. The number of methoxy groups -OCH3 is 1. The van der Waals surface area contributed by atoms with E-state index in [-0.39, 0.29) is 11.9 Å². The molecule has 1 saturated heterocycles. The number of para-hydroxylation sites is 2. The van der Waals surface area contributed by atoms with E-state index < -0.39 is 0 Å². The smallest absolute Gasteiger partial charge is 0.249 e. The highest BCUT2D eigenvalue weighted by Gasteiger charge is 2.34. The van der Waals surface area contributed by atoms with Gasteiger partial charge in [-0.15, -0.1) is 0 Å². The molecule has 2 aromatic rings. The average molecular weight is 326 g/mol. The Kier molecular flexibility index (Phi) is 4.64. The van der Waals surface area contributed by atoms with Gasteiger partial charge >= 0.3 is 0 Å². The van der Waals surface area contributed by atoms with Gasteiger partial charge in [0.15, 0.2) is 0 Å². The molecular formula is C18H22N4O2. The molecule has 1 atom stereocenters. The molecule has 0 spiro atoms. The molecule has 0 saturated carbocycles. The largest absolute Gasteiger partial charge is 0.495 e. The van der Waals surface area contributed by atoms with E-state index in [1.165, 1.54) is 0 Å². The molecule has 1 aromatic heterocycles. The molecule has 6 heteroatoms. The summed E-state index contributed by atoms with van der Waals surface area (Å²) >= 11 is 0. The third kappa shape index (κ3) is 3.18. The Labute approximate surface area is 141 Å². The summed E-state index contributed by atoms with van der Waals surface area (Å²) in [6.45, 7) is 4.57. The lowest BCUT2D eigenvalue weighted by Crippen LogP contribution is -2.34. The number of aromatic nitrogens is 2. The number of benzene rings is 1. The van der Waals surface area contributed by atoms with Crippen LogP contribution >= 0.6 is 0 Å². The summed E-state index contributed by atoms with van der Waals surface area (Å²) in [6.07, 6.45) is 1.56. The lowest BCUT2D eigenvalue weighted by atomic mass is 10.2. The number of ether oxygens (including phenoxy) is 1. The van der Waals surface area contributed by atoms with E-state index in [1.54, 1.807) is 12.0 Å². The standard InChI is InChI=1S/C18H22N4O2/c1-4-13-11-17(20-12(2)19-13)21-14-9-10-22(18(14)23)15-7-5-6-8-16(15)24-3/h5-8,11,14H,4,9-10H2,1-3H3,(H,19,20,21). The fourth-order valence-electron chi connectivity index (χ4n) is 2.97. The van der Waals surface area contributed by atoms with E-state index in [9.17, 15) is 4.79 Å². The number of carbonyl (C=O) groups excluding carboxylic acids is 1. The number of hydrogen-bond donors (Lipinski definition) is 1. The summed E-state index contributed by atoms with van der Waals surface area (Å²) in [6, 6.07) is 9.20. The van der Waals surface area contributed by atoms with Crippen LogP contribution in [0.25, 0.3) is 0 Å². The molecule has 3 rings (SSSR count). The van der Waals surface area contributed by atoms with Crippen molar-refractivity contribution in [2.75, 3.05) is 23.9 Å². The molecule has 1 amide bonds. The van der Waals surface area contributed by atoms with E-state index in [2.05, 4.69) is 22.2 Å². The van der Waals surface area contributed by atoms with Gasteiger partial charge in [0.1, 0.15) is 23.4 Å². The molecule has 1 fully saturated rings. The number of nitrogens with zero attached hydrogens (tertiary/aromatic N) is 3. The maximum absolute atomic E-state index is 12.8. The van der Waals surface area contributed by atoms with Gasteiger partial charge in [0.05, 0.1) is 12.8 Å². The van der Waals surface area contributed by atoms with E-state index in [4.69, 9.17) is 4.74 Å². The number of rotatable bonds is 5. The molecule has 0 radical (unpaired) electrons. The van der Waals surface area contributed by atoms with Crippen molar-refractivity contribution < 1.29 is 9.53 Å². The van der Waals surface area contributed by atoms with Crippen LogP contribution in [0.15, 0.2) is 30.3 Å². The quantitative estimate of drug-likeness (QED) is 0.915. The predicted molar refractivity (Wildman–Crippen MR) is 93.5 cm³/mol. The molecule has 1 aromatic carbocycles. The SMILES string of the molecule is CCc1cc(NC2CCN(c3ccccc3OC)C2=O)nc(C)n1. The molecule has 2 heterocycles. The van der Waals surface area contributed by atoms with Gasteiger partial charge < -0.3 is 15.0 Å². The van der Waals surface area contributed by atoms with Crippen molar-refractivity contribution in [3.63, 3.8) is 0 Å². The van der Waals surface area contributed by atoms with Crippen LogP contribution in [0.5, 0.6) is 5.75 Å². The first-order valence-corrected chi connectivity index (χ1v) is 8.18. The van der Waals surface area contributed by atoms with Crippen molar-refractivity contribution in [2.24, 2.45) is 0 Å². The Hall–Kier alpha value is -2.63. The van der Waals surface area contributed by atoms with Crippen LogP contribution in [0, 0.1) is 6.92 Å². The molecular weight excluding hydrogens is 304 g/mol. The van der Waals surface area contributed by atoms with Gasteiger partial charge in [-0.2, -0.15) is 0 Å². The van der Waals surface area contributed by atoms with E-state index >= 15 is 0 Å². The van der Waals surface area contributed by atoms with Gasteiger partial charge in [0, 0.05) is 18.3 Å². The van der Waals surface area contributed by atoms with Gasteiger partial charge in [0.25, 0.3) is 0 Å². The van der Waals surface area contributed by atoms with Crippen LogP contribution < -0.4 is 15.0 Å². The molecule has 126 valence electrons. The third-order valence-electron chi connectivity index (χ3n) is 4.16. The molecule has 1 unspecified atom stereocenters. The van der Waals surface area contributed by atoms with E-state index in [0.29, 0.717) is 23.9 Å². The third-order valence-corrected chi connectivity index (χ3v) is 4.16. The predicted octanol–water partition coefficient (Wildman–Crippen LogP) is 2.57. The normalized spacial score (nSPS) is 17.2. The number of nitrogens with one attached hydrogen (secondary N) is 1. The zero-order chi connectivity index (χ0) is 17.1. The highest BCUT2D eigenvalue weighted by atomic mass is 16.5. The Morgan fingerprint density at radius 2 is 2.12 bits per heavy atom. The monoisotopic (exact) mass is 326 g/mol. The minimum Gasteiger partial charge on any atom is -0.495 e. The average Bonchev–Trinajstić information content (AvgIpc) is 2.94. The van der Waals surface area contributed by atoms with Crippen LogP contribution in [0.1, 0.15) is 24.9 Å². The van der Waals surface area contributed by atoms with Crippen molar-refractivity contribution in [3.05, 3.63) is 41.9 Å². The summed E-state index contributed by atoms with van der Waals surface area (Å²) < 4.78 is 5.37. The van der Waals surface area contributed by atoms with Crippen molar-refractivity contribution >= 4 is 17.4 Å². The number of anilines is 2. The van der Waals surface area contributed by atoms with Crippen molar-refractivity contribution in [1.29, 1.82) is 0 Å². The second-order valence-electron chi connectivity index (χ2n) is 5.79. The summed E-state index contributed by atoms with van der Waals surface area (Å²) in [5.74, 6) is 2.16. The summed E-state index contributed by atoms with van der Waals surface area (Å²) in [5.41, 5.74) is 1.78. The summed E-state index contributed by atoms with van der Waals surface area (Å²) in [7, 11) is 1.62. The molecule has 24 heavy (non-hydrogen) atoms. The number of aryl methyl sites for hydroxylation is 2. The van der Waals surface area contributed by atoms with Crippen LogP contribution in [0.3, 0.4) is 0 Å². The van der Waals surface area contributed by atoms with Crippen LogP contribution in [-0.4, -0.2) is 35.6 Å². The summed E-state index contributed by atoms with van der Waals surface area (Å²) in [4.78, 5) is 23.3. The fourth-order valence-corrected chi connectivity index (χ4v) is 2.97. The lowest BCUT2D eigenvalue weighted by molar-refractivity contribution is -0.117. The summed E-state index contributed by atoms with van der Waals surface area (Å²) in [5, 5.41) is 3.26. The molecule has 1 aliphatic rings. The first-order valence-electron chi connectivity index (χ1n) is 8.18. The van der Waals surface area contributed by atoms with Gasteiger partial charge in [-0.3, -0.25) is 4.79 Å². The molecule has 0 aliphatic carbocycles. The topological polar surface area (TPSA) is 67.3 Å². The van der Waals surface area contributed by atoms with Gasteiger partial charge in [0.2, 0.25) is 5.91 Å². The Balaban J connectivity index is 1.78. The Morgan fingerprint density at radius 3 is 2.88 bits per heavy atom. The zero-order valence-corrected chi connectivity index (χ0v) is 14.2. The van der Waals surface area contributed by atoms with Crippen molar-refractivity contribution in [1.82, 2.24) is 9.97 Å². The zero-order valence-electron chi connectivity index (χ0n) is 14.2. The second-order valence-corrected chi connectivity index (χ2v) is 5.79. The van der Waals surface area contributed by atoms with Gasteiger partial charge in [-0.1, -0.05) is 19.1 Å². The number of hydrogen-bond acceptors (Lipinski definition) is 5. The first kappa shape index (κ1) is 16.2. The highest BCUT2D eigenvalue weighted by molar-refractivity contribution is 6.02. The second kappa shape index (κ2) is 6.86. The minimum atomic E-state index is -0.283. The van der Waals surface area contributed by atoms with Crippen LogP contribution in [0.4, 0.5) is 11.5 Å². The number of carbonyl (C=O) groups is 1.